The summed E-state index contributed by atoms with van der Waals surface area (Å²) in [5.41, 5.74) is 2.25. The SMILES string of the molecule is C[N+](C)(C)c1ccc2c(c1)OCCOCCOc1ccc([N+](C)(C)C)cc1OCCOCCO2.[I-].[I-]. The van der Waals surface area contributed by atoms with Gasteiger partial charge in [-0.2, -0.15) is 0 Å². The Morgan fingerprint density at radius 3 is 1.06 bits per heavy atom. The van der Waals surface area contributed by atoms with Gasteiger partial charge in [-0.3, -0.25) is 8.97 Å². The topological polar surface area (TPSA) is 55.4 Å². The lowest BCUT2D eigenvalue weighted by Gasteiger charge is -2.25. The molecule has 0 atom stereocenters. The van der Waals surface area contributed by atoms with Crippen LogP contribution >= 0.6 is 0 Å². The monoisotopic (exact) mass is 730 g/mol. The Morgan fingerprint density at radius 2 is 0.750 bits per heavy atom. The van der Waals surface area contributed by atoms with Crippen LogP contribution in [0.3, 0.4) is 0 Å². The van der Waals surface area contributed by atoms with Gasteiger partial charge in [0.2, 0.25) is 0 Å². The number of quaternary nitrogens is 2. The highest BCUT2D eigenvalue weighted by molar-refractivity contribution is 5.54. The quantitative estimate of drug-likeness (QED) is 0.249. The molecule has 8 nitrogen and oxygen atoms in total. The molecule has 0 aromatic heterocycles. The lowest BCUT2D eigenvalue weighted by molar-refractivity contribution is -0.00100. The zero-order chi connectivity index (χ0) is 24.6. The molecule has 1 heterocycles. The van der Waals surface area contributed by atoms with Crippen LogP contribution in [-0.2, 0) is 9.47 Å². The fourth-order valence-corrected chi connectivity index (χ4v) is 3.34. The van der Waals surface area contributed by atoms with Crippen LogP contribution in [0.15, 0.2) is 36.4 Å². The Balaban J connectivity index is 0.00000324. The molecule has 0 radical (unpaired) electrons. The lowest BCUT2D eigenvalue weighted by Crippen LogP contribution is -3.00. The normalized spacial score (nSPS) is 15.9. The highest BCUT2D eigenvalue weighted by atomic mass is 127. The van der Waals surface area contributed by atoms with E-state index in [0.29, 0.717) is 84.8 Å². The largest absolute Gasteiger partial charge is 1.00 e. The van der Waals surface area contributed by atoms with Crippen LogP contribution in [-0.4, -0.2) is 95.1 Å². The average Bonchev–Trinajstić information content (AvgIpc) is 2.77. The van der Waals surface area contributed by atoms with Gasteiger partial charge in [-0.05, 0) is 12.1 Å². The van der Waals surface area contributed by atoms with Crippen LogP contribution in [0, 0.1) is 0 Å². The molecule has 10 heteroatoms. The molecule has 1 aliphatic rings. The number of hydrogen-bond donors (Lipinski definition) is 0. The van der Waals surface area contributed by atoms with Crippen molar-refractivity contribution in [3.05, 3.63) is 36.4 Å². The summed E-state index contributed by atoms with van der Waals surface area (Å²) in [7, 11) is 12.7. The van der Waals surface area contributed by atoms with Crippen molar-refractivity contribution >= 4 is 11.4 Å². The summed E-state index contributed by atoms with van der Waals surface area (Å²) >= 11 is 0. The van der Waals surface area contributed by atoms with Crippen molar-refractivity contribution in [2.24, 2.45) is 0 Å². The zero-order valence-corrected chi connectivity index (χ0v) is 26.5. The third-order valence-corrected chi connectivity index (χ3v) is 5.34. The van der Waals surface area contributed by atoms with E-state index in [0.717, 1.165) is 11.4 Å². The average molecular weight is 730 g/mol. The zero-order valence-electron chi connectivity index (χ0n) is 22.2. The molecule has 36 heavy (non-hydrogen) atoms. The maximum Gasteiger partial charge on any atom is 0.167 e. The second kappa shape index (κ2) is 15.4. The lowest BCUT2D eigenvalue weighted by atomic mass is 10.2. The first-order valence-electron chi connectivity index (χ1n) is 11.7. The summed E-state index contributed by atoms with van der Waals surface area (Å²) in [5, 5.41) is 0. The molecule has 0 saturated carbocycles. The summed E-state index contributed by atoms with van der Waals surface area (Å²) in [6.07, 6.45) is 0. The van der Waals surface area contributed by atoms with E-state index in [-0.39, 0.29) is 48.0 Å². The predicted molar refractivity (Wildman–Crippen MR) is 136 cm³/mol. The van der Waals surface area contributed by atoms with Gasteiger partial charge in [-0.25, -0.2) is 0 Å². The second-order valence-corrected chi connectivity index (χ2v) is 9.91. The molecule has 3 rings (SSSR count). The van der Waals surface area contributed by atoms with Gasteiger partial charge in [-0.1, -0.05) is 0 Å². The first-order chi connectivity index (χ1) is 16.1. The molecule has 0 amide bonds. The summed E-state index contributed by atoms with van der Waals surface area (Å²) in [6, 6.07) is 12.1. The van der Waals surface area contributed by atoms with E-state index in [9.17, 15) is 0 Å². The van der Waals surface area contributed by atoms with E-state index in [1.165, 1.54) is 0 Å². The van der Waals surface area contributed by atoms with Crippen molar-refractivity contribution in [3.8, 4) is 23.0 Å². The summed E-state index contributed by atoms with van der Waals surface area (Å²) in [5.74, 6) is 2.81. The molecule has 0 saturated heterocycles. The molecule has 0 bridgehead atoms. The maximum absolute atomic E-state index is 6.01. The van der Waals surface area contributed by atoms with Gasteiger partial charge < -0.3 is 76.4 Å². The van der Waals surface area contributed by atoms with Gasteiger partial charge >= 0.3 is 0 Å². The molecule has 0 N–H and O–H groups in total. The summed E-state index contributed by atoms with van der Waals surface area (Å²) < 4.78 is 36.7. The maximum atomic E-state index is 6.01. The van der Waals surface area contributed by atoms with Crippen LogP contribution in [0.1, 0.15) is 0 Å². The fourth-order valence-electron chi connectivity index (χ4n) is 3.34. The minimum atomic E-state index is 0. The molecule has 0 unspecified atom stereocenters. The van der Waals surface area contributed by atoms with Gasteiger partial charge in [0.15, 0.2) is 23.0 Å². The van der Waals surface area contributed by atoms with Gasteiger partial charge in [0.05, 0.1) is 68.7 Å². The molecule has 2 aromatic carbocycles. The first-order valence-corrected chi connectivity index (χ1v) is 11.7. The van der Waals surface area contributed by atoms with E-state index < -0.39 is 0 Å². The van der Waals surface area contributed by atoms with E-state index >= 15 is 0 Å². The molecule has 204 valence electrons. The Kier molecular flexibility index (Phi) is 14.1. The number of benzene rings is 2. The molecule has 0 fully saturated rings. The van der Waals surface area contributed by atoms with Crippen molar-refractivity contribution in [2.75, 3.05) is 95.1 Å². The molecule has 1 aliphatic heterocycles. The van der Waals surface area contributed by atoms with Gasteiger partial charge in [0.1, 0.15) is 37.8 Å². The van der Waals surface area contributed by atoms with Crippen LogP contribution in [0.25, 0.3) is 0 Å². The number of rotatable bonds is 2. The molecule has 0 spiro atoms. The third-order valence-electron chi connectivity index (χ3n) is 5.34. The highest BCUT2D eigenvalue weighted by Gasteiger charge is 2.18. The Labute approximate surface area is 250 Å². The van der Waals surface area contributed by atoms with Crippen molar-refractivity contribution in [2.45, 2.75) is 0 Å². The predicted octanol–water partition coefficient (Wildman–Crippen LogP) is -2.65. The number of fused-ring (bicyclic) bond motifs is 2. The van der Waals surface area contributed by atoms with E-state index in [2.05, 4.69) is 54.4 Å². The minimum Gasteiger partial charge on any atom is -1.00 e. The van der Waals surface area contributed by atoms with Crippen molar-refractivity contribution < 1.29 is 76.4 Å². The van der Waals surface area contributed by atoms with Crippen molar-refractivity contribution in [1.29, 1.82) is 0 Å². The van der Waals surface area contributed by atoms with E-state index in [1.54, 1.807) is 0 Å². The van der Waals surface area contributed by atoms with E-state index in [1.807, 2.05) is 24.3 Å². The molecular weight excluding hydrogens is 690 g/mol. The van der Waals surface area contributed by atoms with Crippen molar-refractivity contribution in [3.63, 3.8) is 0 Å². The smallest absolute Gasteiger partial charge is 0.167 e. The van der Waals surface area contributed by atoms with E-state index in [4.69, 9.17) is 28.4 Å². The minimum absolute atomic E-state index is 0. The third kappa shape index (κ3) is 10.4. The highest BCUT2D eigenvalue weighted by Crippen LogP contribution is 2.34. The molecule has 2 aromatic rings. The van der Waals surface area contributed by atoms with Crippen molar-refractivity contribution in [1.82, 2.24) is 8.97 Å². The van der Waals surface area contributed by atoms with Crippen LogP contribution in [0.4, 0.5) is 11.4 Å². The van der Waals surface area contributed by atoms with Gasteiger partial charge in [0, 0.05) is 24.3 Å². The summed E-state index contributed by atoms with van der Waals surface area (Å²) in [6.45, 7) is 3.47. The van der Waals surface area contributed by atoms with Crippen LogP contribution in [0.2, 0.25) is 0 Å². The summed E-state index contributed by atoms with van der Waals surface area (Å²) in [4.78, 5) is 0. The Hall–Kier alpha value is -1.06. The number of nitrogens with zero attached hydrogens (tertiary/aromatic N) is 2. The van der Waals surface area contributed by atoms with Gasteiger partial charge in [0.25, 0.3) is 0 Å². The Morgan fingerprint density at radius 1 is 0.444 bits per heavy atom. The Bertz CT molecular complexity index is 856. The van der Waals surface area contributed by atoms with Crippen LogP contribution in [0.5, 0.6) is 23.0 Å². The fraction of sp³-hybridized carbons (Fsp3) is 0.538. The second-order valence-electron chi connectivity index (χ2n) is 9.91. The number of ether oxygens (including phenoxy) is 6. The standard InChI is InChI=1S/C26H40N2O6.2HI/c1-27(2,3)21-7-9-23-25(19-21)33-17-13-29-12-16-32-24-10-8-22(28(4,5)6)20-26(24)34-18-14-30-11-15-31-23;;/h7-10,19-20H,11-18H2,1-6H3;2*1H/q+2;;/p-2. The van der Waals surface area contributed by atoms with Crippen LogP contribution < -0.4 is 75.9 Å². The number of hydrogen-bond acceptors (Lipinski definition) is 6. The number of halogens is 2. The first kappa shape index (κ1) is 33.0. The molecular formula is C26H40I2N2O6. The van der Waals surface area contributed by atoms with Gasteiger partial charge in [-0.15, -0.1) is 0 Å². The molecule has 0 aliphatic carbocycles.